The molecule has 0 radical (unpaired) electrons. The quantitative estimate of drug-likeness (QED) is 0.425. The Morgan fingerprint density at radius 3 is 2.61 bits per heavy atom. The molecule has 0 aromatic heterocycles. The van der Waals surface area contributed by atoms with Gasteiger partial charge in [-0.3, -0.25) is 4.79 Å². The van der Waals surface area contributed by atoms with E-state index in [-0.39, 0.29) is 18.4 Å². The van der Waals surface area contributed by atoms with Gasteiger partial charge in [-0.1, -0.05) is 28.1 Å². The topological polar surface area (TPSA) is 98.0 Å². The van der Waals surface area contributed by atoms with Gasteiger partial charge in [0.05, 0.1) is 14.2 Å². The number of benzene rings is 2. The molecule has 8 heteroatoms. The monoisotopic (exact) mass is 448 g/mol. The van der Waals surface area contributed by atoms with Crippen LogP contribution in [0, 0.1) is 6.92 Å². The smallest absolute Gasteiger partial charge is 0.246 e. The first-order valence-electron chi connectivity index (χ1n) is 8.73. The number of aliphatic imine (C=N–C) groups is 1. The third kappa shape index (κ3) is 6.45. The van der Waals surface area contributed by atoms with Crippen molar-refractivity contribution in [2.24, 2.45) is 10.7 Å². The molecule has 7 nitrogen and oxygen atoms in total. The number of ether oxygens (including phenoxy) is 2. The van der Waals surface area contributed by atoms with E-state index in [4.69, 9.17) is 15.2 Å². The summed E-state index contributed by atoms with van der Waals surface area (Å²) < 4.78 is 11.4. The third-order valence-electron chi connectivity index (χ3n) is 4.03. The lowest BCUT2D eigenvalue weighted by Gasteiger charge is -2.10. The summed E-state index contributed by atoms with van der Waals surface area (Å²) in [4.78, 5) is 16.1. The van der Waals surface area contributed by atoms with Crippen LogP contribution in [0.15, 0.2) is 45.9 Å². The first kappa shape index (κ1) is 21.6. The highest BCUT2D eigenvalue weighted by molar-refractivity contribution is 9.10. The van der Waals surface area contributed by atoms with Gasteiger partial charge >= 0.3 is 0 Å². The van der Waals surface area contributed by atoms with Crippen molar-refractivity contribution in [2.45, 2.75) is 13.3 Å². The zero-order valence-corrected chi connectivity index (χ0v) is 17.8. The van der Waals surface area contributed by atoms with Crippen molar-refractivity contribution in [3.8, 4) is 11.5 Å². The second-order valence-electron chi connectivity index (χ2n) is 6.08. The first-order chi connectivity index (χ1) is 13.4. The summed E-state index contributed by atoms with van der Waals surface area (Å²) in [5, 5.41) is 5.83. The number of nitrogens with one attached hydrogen (secondary N) is 2. The Labute approximate surface area is 173 Å². The summed E-state index contributed by atoms with van der Waals surface area (Å²) in [6, 6.07) is 11.4. The molecule has 0 atom stereocenters. The Morgan fingerprint density at radius 2 is 1.89 bits per heavy atom. The molecule has 0 aliphatic rings. The Morgan fingerprint density at radius 1 is 1.14 bits per heavy atom. The van der Waals surface area contributed by atoms with Crippen LogP contribution in [-0.2, 0) is 11.2 Å². The molecule has 0 saturated carbocycles. The van der Waals surface area contributed by atoms with E-state index in [0.717, 1.165) is 27.7 Å². The number of methoxy groups -OCH3 is 2. The number of carbonyl (C=O) groups excluding carboxylic acids is 1. The fraction of sp³-hybridized carbons (Fsp3) is 0.300. The Balaban J connectivity index is 1.81. The molecule has 0 bridgehead atoms. The molecule has 2 aromatic carbocycles. The van der Waals surface area contributed by atoms with Crippen molar-refractivity contribution in [1.82, 2.24) is 5.32 Å². The maximum absolute atomic E-state index is 12.1. The van der Waals surface area contributed by atoms with Crippen LogP contribution in [0.4, 0.5) is 5.69 Å². The summed E-state index contributed by atoms with van der Waals surface area (Å²) in [7, 11) is 3.20. The molecular formula is C20H25BrN4O3. The van der Waals surface area contributed by atoms with Crippen molar-refractivity contribution in [2.75, 3.05) is 32.6 Å². The zero-order valence-electron chi connectivity index (χ0n) is 16.2. The van der Waals surface area contributed by atoms with Gasteiger partial charge in [0.2, 0.25) is 5.91 Å². The molecule has 4 N–H and O–H groups in total. The highest BCUT2D eigenvalue weighted by Crippen LogP contribution is 2.27. The van der Waals surface area contributed by atoms with E-state index in [9.17, 15) is 4.79 Å². The first-order valence-corrected chi connectivity index (χ1v) is 9.53. The summed E-state index contributed by atoms with van der Waals surface area (Å²) >= 11 is 3.39. The molecule has 1 amide bonds. The molecule has 0 aliphatic heterocycles. The minimum absolute atomic E-state index is 0.0544. The van der Waals surface area contributed by atoms with Gasteiger partial charge in [0.15, 0.2) is 17.5 Å². The normalized spacial score (nSPS) is 11.1. The number of guanidine groups is 1. The van der Waals surface area contributed by atoms with E-state index in [2.05, 4.69) is 31.6 Å². The lowest BCUT2D eigenvalue weighted by Crippen LogP contribution is -2.34. The number of rotatable bonds is 8. The Hall–Kier alpha value is -2.74. The number of anilines is 1. The van der Waals surface area contributed by atoms with Crippen LogP contribution in [0.5, 0.6) is 11.5 Å². The SMILES string of the molecule is COc1ccc(CCNC(N)=NCC(=O)Nc2cc(Br)ccc2C)cc1OC. The molecule has 2 aromatic rings. The summed E-state index contributed by atoms with van der Waals surface area (Å²) in [5.74, 6) is 1.36. The van der Waals surface area contributed by atoms with Crippen molar-refractivity contribution in [3.05, 3.63) is 52.0 Å². The van der Waals surface area contributed by atoms with Crippen LogP contribution in [0.25, 0.3) is 0 Å². The molecule has 0 heterocycles. The van der Waals surface area contributed by atoms with Crippen LogP contribution in [0.1, 0.15) is 11.1 Å². The molecule has 0 spiro atoms. The number of hydrogen-bond acceptors (Lipinski definition) is 4. The summed E-state index contributed by atoms with van der Waals surface area (Å²) in [6.45, 7) is 2.45. The number of hydrogen-bond donors (Lipinski definition) is 3. The number of nitrogens with two attached hydrogens (primary N) is 1. The average molecular weight is 449 g/mol. The van der Waals surface area contributed by atoms with Gasteiger partial charge in [-0.15, -0.1) is 0 Å². The van der Waals surface area contributed by atoms with Gasteiger partial charge in [-0.25, -0.2) is 4.99 Å². The number of carbonyl (C=O) groups is 1. The predicted molar refractivity (Wildman–Crippen MR) is 115 cm³/mol. The van der Waals surface area contributed by atoms with Crippen molar-refractivity contribution in [3.63, 3.8) is 0 Å². The predicted octanol–water partition coefficient (Wildman–Crippen LogP) is 2.86. The molecule has 2 rings (SSSR count). The van der Waals surface area contributed by atoms with Crippen LogP contribution in [0.2, 0.25) is 0 Å². The molecule has 0 unspecified atom stereocenters. The van der Waals surface area contributed by atoms with Crippen LogP contribution in [0.3, 0.4) is 0 Å². The van der Waals surface area contributed by atoms with Crippen molar-refractivity contribution >= 4 is 33.5 Å². The minimum Gasteiger partial charge on any atom is -0.493 e. The number of nitrogens with zero attached hydrogens (tertiary/aromatic N) is 1. The Bertz CT molecular complexity index is 855. The van der Waals surface area contributed by atoms with Crippen LogP contribution in [-0.4, -0.2) is 39.2 Å². The van der Waals surface area contributed by atoms with Gasteiger partial charge in [0.25, 0.3) is 0 Å². The minimum atomic E-state index is -0.231. The van der Waals surface area contributed by atoms with Crippen LogP contribution < -0.4 is 25.8 Å². The van der Waals surface area contributed by atoms with E-state index < -0.39 is 0 Å². The maximum Gasteiger partial charge on any atom is 0.246 e. The van der Waals surface area contributed by atoms with E-state index in [1.807, 2.05) is 43.3 Å². The lowest BCUT2D eigenvalue weighted by atomic mass is 10.1. The van der Waals surface area contributed by atoms with E-state index in [1.165, 1.54) is 0 Å². The number of halogens is 1. The second-order valence-corrected chi connectivity index (χ2v) is 6.99. The standard InChI is InChI=1S/C20H25BrN4O3/c1-13-4-6-15(21)11-16(13)25-19(26)12-24-20(22)23-9-8-14-5-7-17(27-2)18(10-14)28-3/h4-7,10-11H,8-9,12H2,1-3H3,(H,25,26)(H3,22,23,24). The largest absolute Gasteiger partial charge is 0.493 e. The second kappa shape index (κ2) is 10.6. The fourth-order valence-electron chi connectivity index (χ4n) is 2.50. The molecule has 0 saturated heterocycles. The van der Waals surface area contributed by atoms with Gasteiger partial charge < -0.3 is 25.8 Å². The van der Waals surface area contributed by atoms with Gasteiger partial charge in [0.1, 0.15) is 6.54 Å². The van der Waals surface area contributed by atoms with Gasteiger partial charge in [-0.2, -0.15) is 0 Å². The highest BCUT2D eigenvalue weighted by Gasteiger charge is 2.06. The Kier molecular flexibility index (Phi) is 8.13. The lowest BCUT2D eigenvalue weighted by molar-refractivity contribution is -0.114. The summed E-state index contributed by atoms with van der Waals surface area (Å²) in [6.07, 6.45) is 0.722. The molecule has 28 heavy (non-hydrogen) atoms. The zero-order chi connectivity index (χ0) is 20.5. The van der Waals surface area contributed by atoms with Crippen LogP contribution >= 0.6 is 15.9 Å². The average Bonchev–Trinajstić information content (AvgIpc) is 2.69. The third-order valence-corrected chi connectivity index (χ3v) is 4.53. The number of amides is 1. The number of aryl methyl sites for hydroxylation is 1. The van der Waals surface area contributed by atoms with E-state index in [0.29, 0.717) is 18.0 Å². The molecule has 150 valence electrons. The molecule has 0 aliphatic carbocycles. The molecular weight excluding hydrogens is 424 g/mol. The summed E-state index contributed by atoms with van der Waals surface area (Å²) in [5.41, 5.74) is 8.63. The van der Waals surface area contributed by atoms with Gasteiger partial charge in [0, 0.05) is 16.7 Å². The maximum atomic E-state index is 12.1. The van der Waals surface area contributed by atoms with E-state index in [1.54, 1.807) is 14.2 Å². The molecule has 0 fully saturated rings. The van der Waals surface area contributed by atoms with E-state index >= 15 is 0 Å². The van der Waals surface area contributed by atoms with Crippen molar-refractivity contribution in [1.29, 1.82) is 0 Å². The fourth-order valence-corrected chi connectivity index (χ4v) is 2.86. The highest BCUT2D eigenvalue weighted by atomic mass is 79.9. The van der Waals surface area contributed by atoms with Gasteiger partial charge in [-0.05, 0) is 48.7 Å². The van der Waals surface area contributed by atoms with Crippen molar-refractivity contribution < 1.29 is 14.3 Å².